The molecule has 0 N–H and O–H groups in total. The number of nitriles is 1. The lowest BCUT2D eigenvalue weighted by Gasteiger charge is -2.47. The highest BCUT2D eigenvalue weighted by Gasteiger charge is 2.55. The molecule has 0 radical (unpaired) electrons. The number of hydrogen-bond donors (Lipinski definition) is 0. The summed E-state index contributed by atoms with van der Waals surface area (Å²) < 4.78 is 28.4. The summed E-state index contributed by atoms with van der Waals surface area (Å²) >= 11 is 0. The predicted octanol–water partition coefficient (Wildman–Crippen LogP) is 7.10. The average molecular weight is 978 g/mol. The summed E-state index contributed by atoms with van der Waals surface area (Å²) in [7, 11) is 0. The lowest BCUT2D eigenvalue weighted by molar-refractivity contribution is 0.462. The Bertz CT molecular complexity index is 4380. The van der Waals surface area contributed by atoms with Gasteiger partial charge < -0.3 is 28.7 Å². The van der Waals surface area contributed by atoms with Crippen LogP contribution in [0.2, 0.25) is 0 Å². The lowest BCUT2D eigenvalue weighted by atomic mass is 9.29. The Labute approximate surface area is 444 Å². The summed E-state index contributed by atoms with van der Waals surface area (Å²) in [5.74, 6) is 5.21. The second-order valence-electron chi connectivity index (χ2n) is 22.2. The van der Waals surface area contributed by atoms with Gasteiger partial charge in [0.25, 0.3) is 32.5 Å². The average Bonchev–Trinajstić information content (AvgIpc) is 3.36. The first-order valence-corrected chi connectivity index (χ1v) is 26.4. The molecule has 350 valence electrons. The molecule has 12 heteroatoms. The molecule has 0 aromatic heterocycles. The molecule has 10 aromatic rings. The Balaban J connectivity index is 0.851. The van der Waals surface area contributed by atoms with Crippen molar-refractivity contribution in [3.63, 3.8) is 0 Å². The van der Waals surface area contributed by atoms with Crippen LogP contribution in [0.4, 0.5) is 39.8 Å². The Hall–Kier alpha value is -9.76. The van der Waals surface area contributed by atoms with Crippen LogP contribution in [0.15, 0.2) is 170 Å². The van der Waals surface area contributed by atoms with Gasteiger partial charge in [0.2, 0.25) is 0 Å². The van der Waals surface area contributed by atoms with Crippen LogP contribution in [0.1, 0.15) is 30.5 Å². The highest BCUT2D eigenvalue weighted by atomic mass is 16.5. The molecule has 0 fully saturated rings. The molecule has 77 heavy (non-hydrogen) atoms. The fraction of sp³-hybridized carbons (Fsp3) is 0.0462. The van der Waals surface area contributed by atoms with Gasteiger partial charge in [-0.15, -0.1) is 0 Å². The second-order valence-corrected chi connectivity index (χ2v) is 22.2. The third kappa shape index (κ3) is 4.58. The van der Waals surface area contributed by atoms with Gasteiger partial charge in [0, 0.05) is 39.5 Å². The van der Waals surface area contributed by atoms with Gasteiger partial charge in [-0.2, -0.15) is 5.26 Å². The first-order chi connectivity index (χ1) is 37.9. The topological polar surface area (TPSA) is 71.5 Å². The number of benzene rings is 10. The summed E-state index contributed by atoms with van der Waals surface area (Å²) in [5.41, 5.74) is 24.3. The van der Waals surface area contributed by atoms with Crippen LogP contribution in [0.25, 0.3) is 16.0 Å². The summed E-state index contributed by atoms with van der Waals surface area (Å²) in [4.78, 5) is 9.12. The lowest BCUT2D eigenvalue weighted by Crippen LogP contribution is -2.67. The van der Waals surface area contributed by atoms with Crippen molar-refractivity contribution < 1.29 is 18.9 Å². The zero-order chi connectivity index (χ0) is 50.5. The van der Waals surface area contributed by atoms with Crippen molar-refractivity contribution in [1.82, 2.24) is 0 Å². The van der Waals surface area contributed by atoms with Gasteiger partial charge in [0.1, 0.15) is 57.6 Å². The standard InChI is InChI=1S/C65H34B4N4O4/c1-65(2)36-30-52-44(68-40-18-6-12-24-48(40)72-46-22-10-4-16-38(46)66-42-20-8-14-26-50(42)74-61-35(32-70)62(76-52)55(68)59(72)54(61)66)28-33(36)34-29-45-53(31-37(34)65)77-64-57-60-56-63(58(64)71-3)75-51-27-15-9-21-43(51)67(56)39-17-5-11-23-47(39)73(60)49-25-13-7-19-41(49)69(45)57/h4-31H,1-2H3. The van der Waals surface area contributed by atoms with Crippen LogP contribution in [0.5, 0.6) is 46.0 Å². The first kappa shape index (κ1) is 40.6. The predicted molar refractivity (Wildman–Crippen MR) is 309 cm³/mol. The zero-order valence-corrected chi connectivity index (χ0v) is 41.4. The minimum Gasteiger partial charge on any atom is -0.469 e. The zero-order valence-electron chi connectivity index (χ0n) is 41.4. The number of para-hydroxylation sites is 6. The van der Waals surface area contributed by atoms with E-state index in [4.69, 9.17) is 25.5 Å². The van der Waals surface area contributed by atoms with Crippen molar-refractivity contribution in [3.05, 3.63) is 198 Å². The molecule has 10 aromatic carbocycles. The highest BCUT2D eigenvalue weighted by Crippen LogP contribution is 2.56. The van der Waals surface area contributed by atoms with Crippen molar-refractivity contribution in [2.45, 2.75) is 19.3 Å². The van der Waals surface area contributed by atoms with Crippen LogP contribution >= 0.6 is 0 Å². The Kier molecular flexibility index (Phi) is 7.15. The minimum atomic E-state index is -0.498. The van der Waals surface area contributed by atoms with E-state index in [1.807, 2.05) is 24.3 Å². The molecule has 0 unspecified atom stereocenters. The molecule has 0 bridgehead atoms. The van der Waals surface area contributed by atoms with E-state index in [2.05, 4.69) is 180 Å². The third-order valence-electron chi connectivity index (χ3n) is 18.5. The van der Waals surface area contributed by atoms with Crippen molar-refractivity contribution >= 4 is 132 Å². The van der Waals surface area contributed by atoms with Crippen LogP contribution in [0, 0.1) is 17.9 Å². The van der Waals surface area contributed by atoms with E-state index in [1.54, 1.807) is 0 Å². The van der Waals surface area contributed by atoms with E-state index in [0.717, 1.165) is 134 Å². The van der Waals surface area contributed by atoms with E-state index < -0.39 is 5.41 Å². The number of nitrogens with zero attached hydrogens (tertiary/aromatic N) is 4. The molecule has 9 aliphatic rings. The number of anilines is 6. The van der Waals surface area contributed by atoms with Crippen molar-refractivity contribution in [3.8, 4) is 63.2 Å². The molecular weight excluding hydrogens is 944 g/mol. The highest BCUT2D eigenvalue weighted by molar-refractivity contribution is 7.05. The van der Waals surface area contributed by atoms with Crippen LogP contribution in [-0.2, 0) is 5.41 Å². The normalized spacial score (nSPS) is 15.5. The van der Waals surface area contributed by atoms with Crippen LogP contribution in [-0.4, -0.2) is 26.9 Å². The molecule has 19 rings (SSSR count). The van der Waals surface area contributed by atoms with E-state index in [0.29, 0.717) is 34.2 Å². The maximum Gasteiger partial charge on any atom is 0.269 e. The van der Waals surface area contributed by atoms with Gasteiger partial charge in [-0.3, -0.25) is 0 Å². The van der Waals surface area contributed by atoms with Crippen molar-refractivity contribution in [2.75, 3.05) is 9.80 Å². The SMILES string of the molecule is [C-]#[N+]c1c2c3c4c5c1Oc1cc6c(cc1B5c1ccccc1N4c1ccccc1B3c1ccccc1O2)-c1cc2c(cc1C6(C)C)Oc1c(C#N)c3c4c5c1B2c1ccccc1N5c1ccccc1B4c1ccccc1O3. The molecule has 8 heterocycles. The Morgan fingerprint density at radius 1 is 0.429 bits per heavy atom. The number of rotatable bonds is 0. The molecule has 0 saturated heterocycles. The van der Waals surface area contributed by atoms with Gasteiger partial charge in [0.05, 0.1) is 6.57 Å². The fourth-order valence-electron chi connectivity index (χ4n) is 15.5. The van der Waals surface area contributed by atoms with E-state index in [1.165, 1.54) is 10.9 Å². The van der Waals surface area contributed by atoms with Gasteiger partial charge in [-0.05, 0) is 136 Å². The van der Waals surface area contributed by atoms with E-state index in [-0.39, 0.29) is 26.9 Å². The maximum atomic E-state index is 11.4. The number of ether oxygens (including phenoxy) is 4. The summed E-state index contributed by atoms with van der Waals surface area (Å²) in [6.45, 7) is 12.7. The van der Waals surface area contributed by atoms with Gasteiger partial charge in [-0.25, -0.2) is 4.85 Å². The van der Waals surface area contributed by atoms with E-state index >= 15 is 0 Å². The molecule has 8 aliphatic heterocycles. The molecule has 8 nitrogen and oxygen atoms in total. The van der Waals surface area contributed by atoms with Crippen molar-refractivity contribution in [1.29, 1.82) is 5.26 Å². The molecular formula is C65H34B4N4O4. The summed E-state index contributed by atoms with van der Waals surface area (Å²) in [5, 5.41) is 11.4. The third-order valence-corrected chi connectivity index (χ3v) is 18.5. The first-order valence-electron chi connectivity index (χ1n) is 26.4. The molecule has 1 aliphatic carbocycles. The minimum absolute atomic E-state index is 0.146. The molecule has 0 amide bonds. The molecule has 0 spiro atoms. The maximum absolute atomic E-state index is 11.4. The number of fused-ring (bicyclic) bond motifs is 23. The summed E-state index contributed by atoms with van der Waals surface area (Å²) in [6, 6.07) is 63.3. The van der Waals surface area contributed by atoms with Crippen LogP contribution < -0.4 is 94.3 Å². The monoisotopic (exact) mass is 978 g/mol. The molecule has 0 saturated carbocycles. The van der Waals surface area contributed by atoms with Gasteiger partial charge in [-0.1, -0.05) is 135 Å². The van der Waals surface area contributed by atoms with Gasteiger partial charge >= 0.3 is 0 Å². The second kappa shape index (κ2) is 13.6. The van der Waals surface area contributed by atoms with Crippen molar-refractivity contribution in [2.24, 2.45) is 0 Å². The van der Waals surface area contributed by atoms with Crippen LogP contribution in [0.3, 0.4) is 0 Å². The quantitative estimate of drug-likeness (QED) is 0.119. The smallest absolute Gasteiger partial charge is 0.269 e. The Morgan fingerprint density at radius 2 is 0.766 bits per heavy atom. The largest absolute Gasteiger partial charge is 0.469 e. The molecule has 0 atom stereocenters. The summed E-state index contributed by atoms with van der Waals surface area (Å²) in [6.07, 6.45) is 0. The fourth-order valence-corrected chi connectivity index (χ4v) is 15.5. The van der Waals surface area contributed by atoms with E-state index in [9.17, 15) is 5.26 Å². The number of hydrogen-bond acceptors (Lipinski definition) is 7. The van der Waals surface area contributed by atoms with Gasteiger partial charge in [0.15, 0.2) is 0 Å². The Morgan fingerprint density at radius 3 is 1.18 bits per heavy atom.